The first kappa shape index (κ1) is 15.1. The molecule has 0 spiro atoms. The van der Waals surface area contributed by atoms with E-state index in [9.17, 15) is 9.90 Å². The second-order valence-electron chi connectivity index (χ2n) is 5.49. The van der Waals surface area contributed by atoms with E-state index in [1.54, 1.807) is 31.2 Å². The summed E-state index contributed by atoms with van der Waals surface area (Å²) in [5.41, 5.74) is -0.598. The number of fused-ring (bicyclic) bond motifs is 1. The number of furan rings is 2. The van der Waals surface area contributed by atoms with Gasteiger partial charge in [0, 0.05) is 11.5 Å². The van der Waals surface area contributed by atoms with Gasteiger partial charge in [0.2, 0.25) is 5.91 Å². The van der Waals surface area contributed by atoms with Gasteiger partial charge in [0.25, 0.3) is 0 Å². The van der Waals surface area contributed by atoms with E-state index in [0.29, 0.717) is 17.1 Å². The third-order valence-corrected chi connectivity index (χ3v) is 3.51. The minimum Gasteiger partial charge on any atom is -0.465 e. The lowest BCUT2D eigenvalue weighted by Crippen LogP contribution is -2.37. The largest absolute Gasteiger partial charge is 0.465 e. The van der Waals surface area contributed by atoms with Gasteiger partial charge in [0.15, 0.2) is 0 Å². The minimum atomic E-state index is -1.30. The fourth-order valence-electron chi connectivity index (χ4n) is 2.20. The predicted octanol–water partition coefficient (Wildman–Crippen LogP) is 3.06. The summed E-state index contributed by atoms with van der Waals surface area (Å²) in [5, 5.41) is 14.1. The van der Waals surface area contributed by atoms with Crippen molar-refractivity contribution in [3.63, 3.8) is 0 Å². The van der Waals surface area contributed by atoms with Crippen molar-refractivity contribution in [1.82, 2.24) is 5.32 Å². The number of nitrogens with one attached hydrogen (secondary N) is 1. The Kier molecular flexibility index (Phi) is 4.04. The van der Waals surface area contributed by atoms with Crippen molar-refractivity contribution < 1.29 is 18.7 Å². The summed E-state index contributed by atoms with van der Waals surface area (Å²) < 4.78 is 10.8. The predicted molar refractivity (Wildman–Crippen MR) is 86.5 cm³/mol. The molecule has 0 aliphatic carbocycles. The summed E-state index contributed by atoms with van der Waals surface area (Å²) in [7, 11) is 0. The average Bonchev–Trinajstić information content (AvgIpc) is 3.20. The van der Waals surface area contributed by atoms with E-state index in [1.165, 1.54) is 12.3 Å². The fraction of sp³-hybridized carbons (Fsp3) is 0.167. The third kappa shape index (κ3) is 3.52. The number of rotatable bonds is 5. The van der Waals surface area contributed by atoms with E-state index in [0.717, 1.165) is 5.39 Å². The number of para-hydroxylation sites is 1. The van der Waals surface area contributed by atoms with Gasteiger partial charge in [-0.3, -0.25) is 4.79 Å². The first-order chi connectivity index (χ1) is 11.0. The van der Waals surface area contributed by atoms with Gasteiger partial charge in [-0.15, -0.1) is 0 Å². The molecule has 1 unspecified atom stereocenters. The van der Waals surface area contributed by atoms with Gasteiger partial charge in [-0.1, -0.05) is 18.2 Å². The van der Waals surface area contributed by atoms with Gasteiger partial charge in [-0.25, -0.2) is 0 Å². The number of amides is 1. The van der Waals surface area contributed by atoms with Crippen molar-refractivity contribution in [2.24, 2.45) is 0 Å². The van der Waals surface area contributed by atoms with Gasteiger partial charge in [0.1, 0.15) is 22.7 Å². The van der Waals surface area contributed by atoms with Crippen LogP contribution < -0.4 is 5.32 Å². The Morgan fingerprint density at radius 3 is 2.87 bits per heavy atom. The molecule has 3 rings (SSSR count). The van der Waals surface area contributed by atoms with Crippen molar-refractivity contribution in [2.45, 2.75) is 12.5 Å². The molecule has 0 saturated heterocycles. The van der Waals surface area contributed by atoms with Crippen LogP contribution in [0.2, 0.25) is 0 Å². The molecule has 1 amide bonds. The summed E-state index contributed by atoms with van der Waals surface area (Å²) in [6.07, 6.45) is 4.45. The summed E-state index contributed by atoms with van der Waals surface area (Å²) in [4.78, 5) is 11.8. The molecule has 1 atom stereocenters. The van der Waals surface area contributed by atoms with Gasteiger partial charge in [-0.05, 0) is 37.3 Å². The van der Waals surface area contributed by atoms with E-state index < -0.39 is 5.60 Å². The molecule has 23 heavy (non-hydrogen) atoms. The van der Waals surface area contributed by atoms with Gasteiger partial charge < -0.3 is 19.3 Å². The molecular formula is C18H17NO4. The molecule has 0 aliphatic rings. The Labute approximate surface area is 133 Å². The fourth-order valence-corrected chi connectivity index (χ4v) is 2.20. The van der Waals surface area contributed by atoms with Crippen molar-refractivity contribution in [3.05, 3.63) is 66.3 Å². The molecule has 118 valence electrons. The van der Waals surface area contributed by atoms with Crippen molar-refractivity contribution in [2.75, 3.05) is 6.54 Å². The summed E-state index contributed by atoms with van der Waals surface area (Å²) >= 11 is 0. The molecule has 2 aromatic heterocycles. The highest BCUT2D eigenvalue weighted by molar-refractivity contribution is 5.91. The molecule has 5 nitrogen and oxygen atoms in total. The number of benzene rings is 1. The standard InChI is InChI=1S/C18H17NO4/c1-18(21,16-11-13-5-2-3-7-15(13)23-16)12-19-17(20)9-8-14-6-4-10-22-14/h2-11,21H,12H2,1H3,(H,19,20)/b9-8+. The van der Waals surface area contributed by atoms with E-state index in [1.807, 2.05) is 24.3 Å². The maximum absolute atomic E-state index is 11.8. The van der Waals surface area contributed by atoms with Crippen LogP contribution in [0.4, 0.5) is 0 Å². The normalized spacial score (nSPS) is 14.2. The summed E-state index contributed by atoms with van der Waals surface area (Å²) in [6.45, 7) is 1.63. The Balaban J connectivity index is 1.65. The van der Waals surface area contributed by atoms with Crippen LogP contribution in [0, 0.1) is 0 Å². The highest BCUT2D eigenvalue weighted by atomic mass is 16.4. The topological polar surface area (TPSA) is 75.6 Å². The molecule has 0 aliphatic heterocycles. The minimum absolute atomic E-state index is 0.0359. The van der Waals surface area contributed by atoms with Crippen LogP contribution in [0.3, 0.4) is 0 Å². The molecule has 5 heteroatoms. The van der Waals surface area contributed by atoms with Gasteiger partial charge in [0.05, 0.1) is 12.8 Å². The molecule has 0 fully saturated rings. The molecule has 2 heterocycles. The smallest absolute Gasteiger partial charge is 0.244 e. The van der Waals surface area contributed by atoms with Crippen LogP contribution >= 0.6 is 0 Å². The van der Waals surface area contributed by atoms with Crippen LogP contribution in [0.25, 0.3) is 17.0 Å². The first-order valence-electron chi connectivity index (χ1n) is 7.25. The number of hydrogen-bond donors (Lipinski definition) is 2. The highest BCUT2D eigenvalue weighted by Gasteiger charge is 2.27. The SMILES string of the molecule is CC(O)(CNC(=O)/C=C/c1ccco1)c1cc2ccccc2o1. The summed E-state index contributed by atoms with van der Waals surface area (Å²) in [6, 6.07) is 12.8. The summed E-state index contributed by atoms with van der Waals surface area (Å²) in [5.74, 6) is 0.677. The lowest BCUT2D eigenvalue weighted by atomic mass is 10.0. The second-order valence-corrected chi connectivity index (χ2v) is 5.49. The number of aliphatic hydroxyl groups is 1. The molecule has 0 bridgehead atoms. The number of hydrogen-bond acceptors (Lipinski definition) is 4. The first-order valence-corrected chi connectivity index (χ1v) is 7.25. The average molecular weight is 311 g/mol. The van der Waals surface area contributed by atoms with E-state index >= 15 is 0 Å². The molecule has 1 aromatic carbocycles. The Bertz CT molecular complexity index is 795. The molecular weight excluding hydrogens is 294 g/mol. The van der Waals surface area contributed by atoms with Crippen LogP contribution in [-0.4, -0.2) is 17.6 Å². The number of carbonyl (C=O) groups is 1. The number of carbonyl (C=O) groups excluding carboxylic acids is 1. The third-order valence-electron chi connectivity index (χ3n) is 3.51. The Hall–Kier alpha value is -2.79. The Morgan fingerprint density at radius 2 is 2.13 bits per heavy atom. The van der Waals surface area contributed by atoms with Crippen molar-refractivity contribution in [3.8, 4) is 0 Å². The molecule has 2 N–H and O–H groups in total. The zero-order chi connectivity index (χ0) is 16.3. The highest BCUT2D eigenvalue weighted by Crippen LogP contribution is 2.27. The molecule has 3 aromatic rings. The monoisotopic (exact) mass is 311 g/mol. The zero-order valence-corrected chi connectivity index (χ0v) is 12.7. The van der Waals surface area contributed by atoms with E-state index in [4.69, 9.17) is 8.83 Å². The maximum Gasteiger partial charge on any atom is 0.244 e. The second kappa shape index (κ2) is 6.14. The van der Waals surface area contributed by atoms with E-state index in [2.05, 4.69) is 5.32 Å². The van der Waals surface area contributed by atoms with Crippen LogP contribution in [0.5, 0.6) is 0 Å². The van der Waals surface area contributed by atoms with Crippen LogP contribution in [0.15, 0.2) is 63.6 Å². The molecule has 0 radical (unpaired) electrons. The van der Waals surface area contributed by atoms with Gasteiger partial charge >= 0.3 is 0 Å². The molecule has 0 saturated carbocycles. The lowest BCUT2D eigenvalue weighted by Gasteiger charge is -2.20. The van der Waals surface area contributed by atoms with Gasteiger partial charge in [-0.2, -0.15) is 0 Å². The van der Waals surface area contributed by atoms with Crippen LogP contribution in [0.1, 0.15) is 18.4 Å². The van der Waals surface area contributed by atoms with Crippen molar-refractivity contribution >= 4 is 23.0 Å². The quantitative estimate of drug-likeness (QED) is 0.710. The zero-order valence-electron chi connectivity index (χ0n) is 12.7. The van der Waals surface area contributed by atoms with Crippen LogP contribution in [-0.2, 0) is 10.4 Å². The Morgan fingerprint density at radius 1 is 1.30 bits per heavy atom. The van der Waals surface area contributed by atoms with E-state index in [-0.39, 0.29) is 12.5 Å². The maximum atomic E-state index is 11.8. The lowest BCUT2D eigenvalue weighted by molar-refractivity contribution is -0.117. The van der Waals surface area contributed by atoms with Crippen molar-refractivity contribution in [1.29, 1.82) is 0 Å².